The Labute approximate surface area is 183 Å². The molecule has 2 atom stereocenters. The highest BCUT2D eigenvalue weighted by Crippen LogP contribution is 2.22. The predicted octanol–water partition coefficient (Wildman–Crippen LogP) is 0.887. The van der Waals surface area contributed by atoms with Crippen LogP contribution in [0.15, 0.2) is 18.2 Å². The predicted molar refractivity (Wildman–Crippen MR) is 118 cm³/mol. The summed E-state index contributed by atoms with van der Waals surface area (Å²) < 4.78 is 19.4. The summed E-state index contributed by atoms with van der Waals surface area (Å²) in [7, 11) is 3.30. The van der Waals surface area contributed by atoms with Crippen LogP contribution in [-0.2, 0) is 20.8 Å². The first-order chi connectivity index (χ1) is 14.8. The van der Waals surface area contributed by atoms with Crippen LogP contribution in [0.3, 0.4) is 0 Å². The number of hydrogen-bond acceptors (Lipinski definition) is 6. The van der Waals surface area contributed by atoms with Gasteiger partial charge in [0.1, 0.15) is 24.5 Å². The van der Waals surface area contributed by atoms with Gasteiger partial charge in [-0.1, -0.05) is 6.07 Å². The van der Waals surface area contributed by atoms with E-state index in [1.165, 1.54) is 17.0 Å². The number of nitrogens with zero attached hydrogens (tertiary/aromatic N) is 1. The van der Waals surface area contributed by atoms with Crippen molar-refractivity contribution >= 4 is 18.1 Å². The second kappa shape index (κ2) is 14.5. The summed E-state index contributed by atoms with van der Waals surface area (Å²) in [6.45, 7) is 4.91. The van der Waals surface area contributed by atoms with Crippen LogP contribution < -0.4 is 20.7 Å². The fourth-order valence-corrected chi connectivity index (χ4v) is 2.88. The summed E-state index contributed by atoms with van der Waals surface area (Å²) in [6.07, 6.45) is 3.05. The van der Waals surface area contributed by atoms with Crippen LogP contribution in [0.1, 0.15) is 32.3 Å². The van der Waals surface area contributed by atoms with Gasteiger partial charge in [-0.3, -0.25) is 9.59 Å². The normalized spacial score (nSPS) is 12.7. The SMILES string of the molecule is CNCC(=O)NCCCCc1ccc(F)cc1OCCNC(C)C(=O)N(C)C(C)C=O. The number of unbranched alkanes of at least 4 members (excludes halogenated alkanes) is 1. The van der Waals surface area contributed by atoms with Crippen molar-refractivity contribution in [1.29, 1.82) is 0 Å². The number of ether oxygens (including phenoxy) is 1. The Balaban J connectivity index is 2.44. The van der Waals surface area contributed by atoms with E-state index >= 15 is 0 Å². The van der Waals surface area contributed by atoms with Crippen LogP contribution in [0.25, 0.3) is 0 Å². The minimum Gasteiger partial charge on any atom is -0.492 e. The lowest BCUT2D eigenvalue weighted by Gasteiger charge is -2.24. The smallest absolute Gasteiger partial charge is 0.239 e. The minimum absolute atomic E-state index is 0.0414. The van der Waals surface area contributed by atoms with Crippen LogP contribution >= 0.6 is 0 Å². The molecule has 0 heterocycles. The summed E-state index contributed by atoms with van der Waals surface area (Å²) in [5, 5.41) is 8.67. The highest BCUT2D eigenvalue weighted by atomic mass is 19.1. The van der Waals surface area contributed by atoms with E-state index in [1.807, 2.05) is 0 Å². The van der Waals surface area contributed by atoms with E-state index in [0.29, 0.717) is 31.8 Å². The van der Waals surface area contributed by atoms with Crippen LogP contribution in [0.5, 0.6) is 5.75 Å². The van der Waals surface area contributed by atoms with E-state index in [4.69, 9.17) is 4.74 Å². The lowest BCUT2D eigenvalue weighted by Crippen LogP contribution is -2.47. The topological polar surface area (TPSA) is 99.8 Å². The molecule has 2 amide bonds. The van der Waals surface area contributed by atoms with Gasteiger partial charge in [-0.25, -0.2) is 4.39 Å². The van der Waals surface area contributed by atoms with E-state index in [9.17, 15) is 18.8 Å². The van der Waals surface area contributed by atoms with Gasteiger partial charge in [0.05, 0.1) is 18.6 Å². The van der Waals surface area contributed by atoms with Crippen molar-refractivity contribution in [2.45, 2.75) is 45.2 Å². The molecule has 31 heavy (non-hydrogen) atoms. The first kappa shape index (κ1) is 26.5. The average molecular weight is 439 g/mol. The second-order valence-corrected chi connectivity index (χ2v) is 7.44. The second-order valence-electron chi connectivity index (χ2n) is 7.44. The molecule has 0 fully saturated rings. The van der Waals surface area contributed by atoms with Gasteiger partial charge in [0.2, 0.25) is 11.8 Å². The zero-order valence-electron chi connectivity index (χ0n) is 18.9. The zero-order chi connectivity index (χ0) is 23.2. The molecule has 0 aliphatic carbocycles. The number of hydrogen-bond donors (Lipinski definition) is 3. The number of halogens is 1. The Bertz CT molecular complexity index is 717. The highest BCUT2D eigenvalue weighted by molar-refractivity contribution is 5.83. The molecule has 3 N–H and O–H groups in total. The number of carbonyl (C=O) groups excluding carboxylic acids is 3. The molecule has 9 heteroatoms. The molecular formula is C22H35FN4O4. The largest absolute Gasteiger partial charge is 0.492 e. The maximum atomic E-state index is 13.7. The molecular weight excluding hydrogens is 403 g/mol. The standard InChI is InChI=1S/C22H35FN4O4/c1-16(15-28)27(4)22(30)17(2)25-11-12-31-20-13-19(23)9-8-18(20)7-5-6-10-26-21(29)14-24-3/h8-9,13,15-17,24-25H,5-7,10-12,14H2,1-4H3,(H,26,29). The van der Waals surface area contributed by atoms with E-state index in [-0.39, 0.29) is 24.2 Å². The summed E-state index contributed by atoms with van der Waals surface area (Å²) >= 11 is 0. The third-order valence-electron chi connectivity index (χ3n) is 4.90. The molecule has 0 aromatic heterocycles. The highest BCUT2D eigenvalue weighted by Gasteiger charge is 2.20. The van der Waals surface area contributed by atoms with Crippen molar-refractivity contribution in [1.82, 2.24) is 20.9 Å². The fourth-order valence-electron chi connectivity index (χ4n) is 2.88. The number of rotatable bonds is 15. The molecule has 0 spiro atoms. The molecule has 8 nitrogen and oxygen atoms in total. The maximum absolute atomic E-state index is 13.7. The molecule has 1 aromatic carbocycles. The first-order valence-electron chi connectivity index (χ1n) is 10.6. The number of aldehydes is 1. The molecule has 2 unspecified atom stereocenters. The fraction of sp³-hybridized carbons (Fsp3) is 0.591. The summed E-state index contributed by atoms with van der Waals surface area (Å²) in [5.41, 5.74) is 0.895. The van der Waals surface area contributed by atoms with Crippen molar-refractivity contribution in [3.05, 3.63) is 29.6 Å². The molecule has 174 valence electrons. The lowest BCUT2D eigenvalue weighted by atomic mass is 10.1. The van der Waals surface area contributed by atoms with E-state index < -0.39 is 12.1 Å². The van der Waals surface area contributed by atoms with Gasteiger partial charge in [-0.2, -0.15) is 0 Å². The molecule has 0 aliphatic rings. The molecule has 0 radical (unpaired) electrons. The van der Waals surface area contributed by atoms with Crippen molar-refractivity contribution in [2.75, 3.05) is 40.3 Å². The van der Waals surface area contributed by atoms with E-state index in [0.717, 1.165) is 24.7 Å². The number of aryl methyl sites for hydroxylation is 1. The molecule has 0 saturated carbocycles. The number of nitrogens with one attached hydrogen (secondary N) is 3. The molecule has 0 aliphatic heterocycles. The first-order valence-corrected chi connectivity index (χ1v) is 10.6. The number of carbonyl (C=O) groups is 3. The Hall–Kier alpha value is -2.52. The van der Waals surface area contributed by atoms with E-state index in [2.05, 4.69) is 16.0 Å². The van der Waals surface area contributed by atoms with Gasteiger partial charge in [0, 0.05) is 26.2 Å². The molecule has 0 saturated heterocycles. The Morgan fingerprint density at radius 1 is 1.23 bits per heavy atom. The Morgan fingerprint density at radius 2 is 1.97 bits per heavy atom. The quantitative estimate of drug-likeness (QED) is 0.278. The molecule has 1 aromatic rings. The maximum Gasteiger partial charge on any atom is 0.239 e. The van der Waals surface area contributed by atoms with Gasteiger partial charge in [0.15, 0.2) is 0 Å². The summed E-state index contributed by atoms with van der Waals surface area (Å²) in [5.74, 6) is -0.126. The van der Waals surface area contributed by atoms with Crippen molar-refractivity contribution in [2.24, 2.45) is 0 Å². The van der Waals surface area contributed by atoms with Crippen LogP contribution in [0, 0.1) is 5.82 Å². The number of amides is 2. The minimum atomic E-state index is -0.487. The van der Waals surface area contributed by atoms with Crippen molar-refractivity contribution in [3.63, 3.8) is 0 Å². The van der Waals surface area contributed by atoms with Gasteiger partial charge >= 0.3 is 0 Å². The summed E-state index contributed by atoms with van der Waals surface area (Å²) in [6, 6.07) is 3.51. The van der Waals surface area contributed by atoms with Crippen molar-refractivity contribution < 1.29 is 23.5 Å². The van der Waals surface area contributed by atoms with Gasteiger partial charge in [-0.15, -0.1) is 0 Å². The third kappa shape index (κ3) is 9.89. The van der Waals surface area contributed by atoms with Gasteiger partial charge in [0.25, 0.3) is 0 Å². The van der Waals surface area contributed by atoms with Crippen molar-refractivity contribution in [3.8, 4) is 5.75 Å². The summed E-state index contributed by atoms with van der Waals surface area (Å²) in [4.78, 5) is 35.9. The average Bonchev–Trinajstić information content (AvgIpc) is 2.76. The third-order valence-corrected chi connectivity index (χ3v) is 4.90. The van der Waals surface area contributed by atoms with Gasteiger partial charge < -0.3 is 30.4 Å². The molecule has 1 rings (SSSR count). The van der Waals surface area contributed by atoms with Gasteiger partial charge in [-0.05, 0) is 51.8 Å². The monoisotopic (exact) mass is 438 g/mol. The molecule has 0 bridgehead atoms. The number of benzene rings is 1. The van der Waals surface area contributed by atoms with Crippen LogP contribution in [-0.4, -0.2) is 75.4 Å². The van der Waals surface area contributed by atoms with Crippen LogP contribution in [0.4, 0.5) is 4.39 Å². The van der Waals surface area contributed by atoms with E-state index in [1.54, 1.807) is 34.0 Å². The Kier molecular flexibility index (Phi) is 12.4. The zero-order valence-corrected chi connectivity index (χ0v) is 18.9. The Morgan fingerprint density at radius 3 is 2.65 bits per heavy atom. The lowest BCUT2D eigenvalue weighted by molar-refractivity contribution is -0.135. The van der Waals surface area contributed by atoms with Crippen LogP contribution in [0.2, 0.25) is 0 Å². The number of likely N-dealkylation sites (N-methyl/N-ethyl adjacent to an activating group) is 2.